The van der Waals surface area contributed by atoms with Gasteiger partial charge in [-0.2, -0.15) is 0 Å². The molecule has 1 amide bonds. The van der Waals surface area contributed by atoms with E-state index in [-0.39, 0.29) is 18.3 Å². The Balaban J connectivity index is 1.79. The van der Waals surface area contributed by atoms with E-state index in [0.717, 1.165) is 16.9 Å². The third-order valence-electron chi connectivity index (χ3n) is 4.25. The smallest absolute Gasteiger partial charge is 0.220 e. The van der Waals surface area contributed by atoms with Crippen LogP contribution >= 0.6 is 0 Å². The largest absolute Gasteiger partial charge is 0.396 e. The minimum atomic E-state index is -0.242. The van der Waals surface area contributed by atoms with E-state index in [0.29, 0.717) is 37.9 Å². The fourth-order valence-corrected chi connectivity index (χ4v) is 2.93. The molecule has 0 spiro atoms. The Kier molecular flexibility index (Phi) is 5.96. The first-order valence-electron chi connectivity index (χ1n) is 8.74. The average molecular weight is 355 g/mol. The molecule has 3 aromatic rings. The first-order chi connectivity index (χ1) is 12.7. The van der Waals surface area contributed by atoms with Gasteiger partial charge in [-0.3, -0.25) is 4.79 Å². The Labute approximate surface area is 151 Å². The van der Waals surface area contributed by atoms with Gasteiger partial charge in [-0.1, -0.05) is 30.3 Å². The maximum Gasteiger partial charge on any atom is 0.220 e. The van der Waals surface area contributed by atoms with Crippen molar-refractivity contribution in [2.45, 2.75) is 25.8 Å². The topological polar surface area (TPSA) is 67.2 Å². The van der Waals surface area contributed by atoms with Gasteiger partial charge in [0.2, 0.25) is 5.91 Å². The van der Waals surface area contributed by atoms with Crippen LogP contribution in [0.3, 0.4) is 0 Å². The number of halogens is 1. The first-order valence-corrected chi connectivity index (χ1v) is 8.74. The van der Waals surface area contributed by atoms with E-state index in [4.69, 9.17) is 5.11 Å². The zero-order valence-electron chi connectivity index (χ0n) is 14.5. The molecule has 26 heavy (non-hydrogen) atoms. The molecule has 0 aliphatic rings. The molecular weight excluding hydrogens is 333 g/mol. The predicted molar refractivity (Wildman–Crippen MR) is 98.3 cm³/mol. The zero-order chi connectivity index (χ0) is 18.4. The van der Waals surface area contributed by atoms with Gasteiger partial charge < -0.3 is 15.0 Å². The summed E-state index contributed by atoms with van der Waals surface area (Å²) in [6.07, 6.45) is 1.31. The van der Waals surface area contributed by atoms with E-state index >= 15 is 0 Å². The Bertz CT molecular complexity index is 892. The minimum absolute atomic E-state index is 0.00581. The van der Waals surface area contributed by atoms with Gasteiger partial charge in [-0.15, -0.1) is 0 Å². The second-order valence-electron chi connectivity index (χ2n) is 6.12. The summed E-state index contributed by atoms with van der Waals surface area (Å²) in [6.45, 7) is 0.845. The standard InChI is InChI=1S/C20H22FN3O2/c21-16-7-2-1-6-15(16)14-24-18-9-4-3-8-17(18)23-19(24)11-12-22-20(26)10-5-13-25/h1-4,6-9,25H,5,10-14H2,(H,22,26). The maximum atomic E-state index is 14.1. The summed E-state index contributed by atoms with van der Waals surface area (Å²) in [5.74, 6) is 0.473. The number of imidazole rings is 1. The number of para-hydroxylation sites is 2. The van der Waals surface area contributed by atoms with Gasteiger partial charge in [0.05, 0.1) is 17.6 Å². The Morgan fingerprint density at radius 3 is 2.73 bits per heavy atom. The number of hydrogen-bond donors (Lipinski definition) is 2. The predicted octanol–water partition coefficient (Wildman–Crippen LogP) is 2.65. The molecular formula is C20H22FN3O2. The number of carbonyl (C=O) groups excluding carboxylic acids is 1. The number of rotatable bonds is 8. The molecule has 0 fully saturated rings. The molecule has 1 aromatic heterocycles. The molecule has 136 valence electrons. The second kappa shape index (κ2) is 8.58. The van der Waals surface area contributed by atoms with E-state index in [1.54, 1.807) is 12.1 Å². The second-order valence-corrected chi connectivity index (χ2v) is 6.12. The van der Waals surface area contributed by atoms with Crippen LogP contribution in [0, 0.1) is 5.82 Å². The summed E-state index contributed by atoms with van der Waals surface area (Å²) in [6, 6.07) is 14.5. The van der Waals surface area contributed by atoms with E-state index in [9.17, 15) is 9.18 Å². The zero-order valence-corrected chi connectivity index (χ0v) is 14.5. The normalized spacial score (nSPS) is 11.0. The lowest BCUT2D eigenvalue weighted by Crippen LogP contribution is -2.26. The highest BCUT2D eigenvalue weighted by Gasteiger charge is 2.13. The van der Waals surface area contributed by atoms with Crippen molar-refractivity contribution in [1.29, 1.82) is 0 Å². The van der Waals surface area contributed by atoms with Crippen molar-refractivity contribution < 1.29 is 14.3 Å². The molecule has 0 saturated heterocycles. The summed E-state index contributed by atoms with van der Waals surface area (Å²) < 4.78 is 16.1. The van der Waals surface area contributed by atoms with Crippen LogP contribution in [0.25, 0.3) is 11.0 Å². The number of hydrogen-bond acceptors (Lipinski definition) is 3. The molecule has 1 heterocycles. The number of aliphatic hydroxyl groups is 1. The number of nitrogens with zero attached hydrogens (tertiary/aromatic N) is 2. The number of benzene rings is 2. The van der Waals surface area contributed by atoms with Gasteiger partial charge in [0, 0.05) is 31.6 Å². The van der Waals surface area contributed by atoms with Crippen molar-refractivity contribution in [3.8, 4) is 0 Å². The van der Waals surface area contributed by atoms with E-state index in [1.807, 2.05) is 34.9 Å². The van der Waals surface area contributed by atoms with Crippen molar-refractivity contribution in [2.24, 2.45) is 0 Å². The van der Waals surface area contributed by atoms with Crippen molar-refractivity contribution in [3.05, 3.63) is 65.7 Å². The summed E-state index contributed by atoms with van der Waals surface area (Å²) in [7, 11) is 0. The number of aromatic nitrogens is 2. The SMILES string of the molecule is O=C(CCCO)NCCc1nc2ccccc2n1Cc1ccccc1F. The monoisotopic (exact) mass is 355 g/mol. The summed E-state index contributed by atoms with van der Waals surface area (Å²) >= 11 is 0. The van der Waals surface area contributed by atoms with Gasteiger partial charge in [0.15, 0.2) is 0 Å². The Hall–Kier alpha value is -2.73. The highest BCUT2D eigenvalue weighted by atomic mass is 19.1. The third kappa shape index (κ3) is 4.26. The number of carbonyl (C=O) groups is 1. The number of nitrogens with one attached hydrogen (secondary N) is 1. The minimum Gasteiger partial charge on any atom is -0.396 e. The van der Waals surface area contributed by atoms with Crippen LogP contribution in [-0.2, 0) is 17.8 Å². The van der Waals surface area contributed by atoms with Crippen molar-refractivity contribution >= 4 is 16.9 Å². The Morgan fingerprint density at radius 2 is 1.92 bits per heavy atom. The quantitative estimate of drug-likeness (QED) is 0.653. The molecule has 0 radical (unpaired) electrons. The van der Waals surface area contributed by atoms with E-state index in [1.165, 1.54) is 6.07 Å². The van der Waals surface area contributed by atoms with E-state index in [2.05, 4.69) is 10.3 Å². The molecule has 5 nitrogen and oxygen atoms in total. The van der Waals surface area contributed by atoms with Crippen LogP contribution in [0.4, 0.5) is 4.39 Å². The van der Waals surface area contributed by atoms with Crippen molar-refractivity contribution in [2.75, 3.05) is 13.2 Å². The third-order valence-corrected chi connectivity index (χ3v) is 4.25. The number of amides is 1. The first kappa shape index (κ1) is 18.1. The van der Waals surface area contributed by atoms with E-state index < -0.39 is 0 Å². The van der Waals surface area contributed by atoms with Crippen LogP contribution < -0.4 is 5.32 Å². The number of aliphatic hydroxyl groups excluding tert-OH is 1. The molecule has 0 atom stereocenters. The maximum absolute atomic E-state index is 14.1. The fourth-order valence-electron chi connectivity index (χ4n) is 2.93. The molecule has 0 bridgehead atoms. The van der Waals surface area contributed by atoms with Crippen molar-refractivity contribution in [1.82, 2.24) is 14.9 Å². The molecule has 0 aliphatic carbocycles. The van der Waals surface area contributed by atoms with Gasteiger partial charge in [0.25, 0.3) is 0 Å². The van der Waals surface area contributed by atoms with Crippen LogP contribution in [0.15, 0.2) is 48.5 Å². The Morgan fingerprint density at radius 1 is 1.15 bits per heavy atom. The number of fused-ring (bicyclic) bond motifs is 1. The molecule has 2 aromatic carbocycles. The molecule has 3 rings (SSSR count). The summed E-state index contributed by atoms with van der Waals surface area (Å²) in [5, 5.41) is 11.6. The van der Waals surface area contributed by atoms with Gasteiger partial charge in [-0.25, -0.2) is 9.37 Å². The molecule has 6 heteroatoms. The lowest BCUT2D eigenvalue weighted by molar-refractivity contribution is -0.121. The lowest BCUT2D eigenvalue weighted by Gasteiger charge is -2.11. The van der Waals surface area contributed by atoms with Crippen LogP contribution in [0.5, 0.6) is 0 Å². The van der Waals surface area contributed by atoms with Gasteiger partial charge >= 0.3 is 0 Å². The van der Waals surface area contributed by atoms with Crippen LogP contribution in [0.1, 0.15) is 24.2 Å². The molecule has 0 unspecified atom stereocenters. The highest BCUT2D eigenvalue weighted by Crippen LogP contribution is 2.19. The van der Waals surface area contributed by atoms with Gasteiger partial charge in [0.1, 0.15) is 11.6 Å². The highest BCUT2D eigenvalue weighted by molar-refractivity contribution is 5.76. The fraction of sp³-hybridized carbons (Fsp3) is 0.300. The molecule has 2 N–H and O–H groups in total. The summed E-state index contributed by atoms with van der Waals surface area (Å²) in [4.78, 5) is 16.3. The van der Waals surface area contributed by atoms with Crippen LogP contribution in [0.2, 0.25) is 0 Å². The van der Waals surface area contributed by atoms with Crippen LogP contribution in [-0.4, -0.2) is 33.7 Å². The van der Waals surface area contributed by atoms with Crippen molar-refractivity contribution in [3.63, 3.8) is 0 Å². The summed E-state index contributed by atoms with van der Waals surface area (Å²) in [5.41, 5.74) is 2.40. The lowest BCUT2D eigenvalue weighted by atomic mass is 10.2. The van der Waals surface area contributed by atoms with Gasteiger partial charge in [-0.05, 0) is 24.6 Å². The average Bonchev–Trinajstić information content (AvgIpc) is 2.99. The molecule has 0 saturated carbocycles. The molecule has 0 aliphatic heterocycles.